The molecule has 0 aliphatic carbocycles. The van der Waals surface area contributed by atoms with Crippen LogP contribution in [0.5, 0.6) is 0 Å². The summed E-state index contributed by atoms with van der Waals surface area (Å²) in [6.45, 7) is 3.99. The summed E-state index contributed by atoms with van der Waals surface area (Å²) in [5, 5.41) is 19.5. The molecule has 6 nitrogen and oxygen atoms in total. The molecular formula is C23H25FNO5P. The molecule has 164 valence electrons. The maximum absolute atomic E-state index is 13.5. The van der Waals surface area contributed by atoms with E-state index in [0.717, 1.165) is 27.8 Å². The number of aliphatic hydroxyl groups excluding tert-OH is 1. The van der Waals surface area contributed by atoms with E-state index in [2.05, 4.69) is 0 Å². The molecule has 31 heavy (non-hydrogen) atoms. The zero-order valence-corrected chi connectivity index (χ0v) is 18.2. The number of aliphatic carboxylic acids is 1. The molecule has 0 aliphatic heterocycles. The monoisotopic (exact) mass is 445 g/mol. The van der Waals surface area contributed by atoms with Crippen molar-refractivity contribution in [3.63, 3.8) is 0 Å². The lowest BCUT2D eigenvalue weighted by molar-refractivity contribution is -0.138. The molecule has 1 heterocycles. The molecule has 3 N–H and O–H groups in total. The van der Waals surface area contributed by atoms with Gasteiger partial charge in [0.1, 0.15) is 5.82 Å². The van der Waals surface area contributed by atoms with Crippen LogP contribution in [0.25, 0.3) is 28.1 Å². The Morgan fingerprint density at radius 3 is 2.42 bits per heavy atom. The predicted molar refractivity (Wildman–Crippen MR) is 120 cm³/mol. The highest BCUT2D eigenvalue weighted by Crippen LogP contribution is 2.45. The normalized spacial score (nSPS) is 14.9. The van der Waals surface area contributed by atoms with Crippen LogP contribution in [0.3, 0.4) is 0 Å². The number of nitrogens with zero attached hydrogens (tertiary/aromatic N) is 1. The van der Waals surface area contributed by atoms with Crippen molar-refractivity contribution >= 4 is 30.3 Å². The first kappa shape index (κ1) is 22.9. The first-order valence-corrected chi connectivity index (χ1v) is 11.8. The largest absolute Gasteiger partial charge is 0.481 e. The molecule has 2 atom stereocenters. The number of hydrogen-bond donors (Lipinski definition) is 3. The molecule has 3 rings (SSSR count). The van der Waals surface area contributed by atoms with Gasteiger partial charge in [0.2, 0.25) is 7.37 Å². The Labute approximate surface area is 179 Å². The molecule has 0 amide bonds. The van der Waals surface area contributed by atoms with Crippen LogP contribution in [0.1, 0.15) is 32.0 Å². The molecule has 1 unspecified atom stereocenters. The van der Waals surface area contributed by atoms with Gasteiger partial charge in [0.25, 0.3) is 0 Å². The van der Waals surface area contributed by atoms with Crippen molar-refractivity contribution in [3.05, 3.63) is 65.9 Å². The third-order valence-corrected chi connectivity index (χ3v) is 6.51. The molecular weight excluding hydrogens is 420 g/mol. The summed E-state index contributed by atoms with van der Waals surface area (Å²) in [4.78, 5) is 21.1. The van der Waals surface area contributed by atoms with Gasteiger partial charge in [0, 0.05) is 28.3 Å². The smallest absolute Gasteiger partial charge is 0.305 e. The maximum atomic E-state index is 13.5. The zero-order valence-electron chi connectivity index (χ0n) is 17.3. The van der Waals surface area contributed by atoms with Gasteiger partial charge in [-0.05, 0) is 43.7 Å². The average Bonchev–Trinajstić information content (AvgIpc) is 3.00. The topological polar surface area (TPSA) is 99.8 Å². The van der Waals surface area contributed by atoms with Gasteiger partial charge in [-0.2, -0.15) is 0 Å². The summed E-state index contributed by atoms with van der Waals surface area (Å²) in [5.41, 5.74) is 3.15. The molecule has 2 aromatic carbocycles. The van der Waals surface area contributed by atoms with Crippen LogP contribution in [0.15, 0.2) is 54.3 Å². The molecule has 0 saturated heterocycles. The summed E-state index contributed by atoms with van der Waals surface area (Å²) < 4.78 is 28.2. The average molecular weight is 445 g/mol. The SMILES string of the molecule is CC(C)n1c(/C=C/P(=O)(O)C[C@@H](O)CC(=O)O)c(-c2ccc(F)cc2)c2ccccc21. The number of aliphatic hydroxyl groups is 1. The first-order valence-electron chi connectivity index (χ1n) is 9.88. The Morgan fingerprint density at radius 1 is 1.16 bits per heavy atom. The summed E-state index contributed by atoms with van der Waals surface area (Å²) in [7, 11) is -3.95. The summed E-state index contributed by atoms with van der Waals surface area (Å²) in [5.74, 6) is -0.464. The van der Waals surface area contributed by atoms with Crippen molar-refractivity contribution < 1.29 is 28.9 Å². The van der Waals surface area contributed by atoms with Crippen molar-refractivity contribution in [1.29, 1.82) is 0 Å². The highest BCUT2D eigenvalue weighted by atomic mass is 31.2. The van der Waals surface area contributed by atoms with Gasteiger partial charge in [-0.1, -0.05) is 30.3 Å². The zero-order chi connectivity index (χ0) is 22.8. The molecule has 1 aromatic heterocycles. The fraction of sp³-hybridized carbons (Fsp3) is 0.261. The van der Waals surface area contributed by atoms with Crippen LogP contribution >= 0.6 is 7.37 Å². The second-order valence-corrected chi connectivity index (χ2v) is 9.93. The number of hydrogen-bond acceptors (Lipinski definition) is 3. The first-order chi connectivity index (χ1) is 14.6. The van der Waals surface area contributed by atoms with Gasteiger partial charge in [0.15, 0.2) is 0 Å². The van der Waals surface area contributed by atoms with E-state index in [4.69, 9.17) is 5.11 Å². The lowest BCUT2D eigenvalue weighted by atomic mass is 10.0. The van der Waals surface area contributed by atoms with Gasteiger partial charge in [-0.25, -0.2) is 4.39 Å². The second kappa shape index (κ2) is 9.18. The Morgan fingerprint density at radius 2 is 1.81 bits per heavy atom. The number of para-hydroxylation sites is 1. The van der Waals surface area contributed by atoms with Crippen LogP contribution in [0, 0.1) is 5.82 Å². The lowest BCUT2D eigenvalue weighted by Gasteiger charge is -2.15. The highest BCUT2D eigenvalue weighted by molar-refractivity contribution is 7.61. The molecule has 0 fully saturated rings. The van der Waals surface area contributed by atoms with Crippen molar-refractivity contribution in [2.75, 3.05) is 6.16 Å². The van der Waals surface area contributed by atoms with Crippen LogP contribution < -0.4 is 0 Å². The van der Waals surface area contributed by atoms with Gasteiger partial charge < -0.3 is 19.7 Å². The molecule has 0 aliphatic rings. The molecule has 0 saturated carbocycles. The van der Waals surface area contributed by atoms with Crippen LogP contribution in [0.2, 0.25) is 0 Å². The van der Waals surface area contributed by atoms with Crippen molar-refractivity contribution in [1.82, 2.24) is 4.57 Å². The van der Waals surface area contributed by atoms with E-state index in [1.807, 2.05) is 42.7 Å². The minimum Gasteiger partial charge on any atom is -0.481 e. The van der Waals surface area contributed by atoms with Crippen molar-refractivity contribution in [2.24, 2.45) is 0 Å². The van der Waals surface area contributed by atoms with E-state index < -0.39 is 32.0 Å². The number of carboxylic acids is 1. The van der Waals surface area contributed by atoms with E-state index in [1.54, 1.807) is 12.1 Å². The second-order valence-electron chi connectivity index (χ2n) is 7.75. The van der Waals surface area contributed by atoms with E-state index in [1.165, 1.54) is 18.2 Å². The minimum absolute atomic E-state index is 0.0226. The van der Waals surface area contributed by atoms with E-state index in [0.29, 0.717) is 5.69 Å². The predicted octanol–water partition coefficient (Wildman–Crippen LogP) is 5.11. The number of carboxylic acid groups (broad SMARTS) is 1. The van der Waals surface area contributed by atoms with Crippen LogP contribution in [0.4, 0.5) is 4.39 Å². The molecule has 3 aromatic rings. The van der Waals surface area contributed by atoms with Crippen molar-refractivity contribution in [2.45, 2.75) is 32.4 Å². The van der Waals surface area contributed by atoms with Gasteiger partial charge in [-0.15, -0.1) is 0 Å². The third-order valence-electron chi connectivity index (χ3n) is 4.95. The maximum Gasteiger partial charge on any atom is 0.305 e. The quantitative estimate of drug-likeness (QED) is 0.419. The fourth-order valence-corrected chi connectivity index (χ4v) is 4.97. The molecule has 0 bridgehead atoms. The summed E-state index contributed by atoms with van der Waals surface area (Å²) in [6, 6.07) is 13.8. The Bertz CT molecular complexity index is 1170. The number of fused-ring (bicyclic) bond motifs is 1. The van der Waals surface area contributed by atoms with Gasteiger partial charge >= 0.3 is 5.97 Å². The molecule has 0 spiro atoms. The summed E-state index contributed by atoms with van der Waals surface area (Å²) >= 11 is 0. The number of carbonyl (C=O) groups is 1. The highest BCUT2D eigenvalue weighted by Gasteiger charge is 2.24. The van der Waals surface area contributed by atoms with Crippen LogP contribution in [-0.4, -0.2) is 37.9 Å². The van der Waals surface area contributed by atoms with Gasteiger partial charge in [-0.3, -0.25) is 9.36 Å². The third kappa shape index (κ3) is 5.31. The van der Waals surface area contributed by atoms with Crippen molar-refractivity contribution in [3.8, 4) is 11.1 Å². The summed E-state index contributed by atoms with van der Waals surface area (Å²) in [6.07, 6.45) is -1.05. The van der Waals surface area contributed by atoms with Crippen LogP contribution in [-0.2, 0) is 9.36 Å². The van der Waals surface area contributed by atoms with Gasteiger partial charge in [0.05, 0.1) is 24.4 Å². The lowest BCUT2D eigenvalue weighted by Crippen LogP contribution is -2.17. The Hall–Kier alpha value is -2.73. The number of halogens is 1. The number of aromatic nitrogens is 1. The standard InChI is InChI=1S/C23H25FNO5P/c1-15(2)25-20-6-4-3-5-19(20)23(16-7-9-17(24)10-8-16)21(25)11-12-31(29,30)14-18(26)13-22(27)28/h3-12,15,18,26H,13-14H2,1-2H3,(H,27,28)(H,29,30)/b12-11+/t18-/m0/s1. The molecule has 8 heteroatoms. The fourth-order valence-electron chi connectivity index (χ4n) is 3.74. The number of benzene rings is 2. The Kier molecular flexibility index (Phi) is 6.80. The van der Waals surface area contributed by atoms with E-state index in [-0.39, 0.29) is 11.9 Å². The van der Waals surface area contributed by atoms with E-state index in [9.17, 15) is 23.7 Å². The number of rotatable bonds is 8. The molecule has 0 radical (unpaired) electrons. The minimum atomic E-state index is -3.95. The Balaban J connectivity index is 2.14. The van der Waals surface area contributed by atoms with E-state index >= 15 is 0 Å².